The summed E-state index contributed by atoms with van der Waals surface area (Å²) in [5.41, 5.74) is 6.78. The number of thiazole rings is 1. The number of nitrogens with one attached hydrogen (secondary N) is 1. The van der Waals surface area contributed by atoms with E-state index >= 15 is 0 Å². The summed E-state index contributed by atoms with van der Waals surface area (Å²) in [6.45, 7) is 4.05. The van der Waals surface area contributed by atoms with Crippen molar-refractivity contribution in [2.45, 2.75) is 25.9 Å². The molecule has 3 rings (SSSR count). The average Bonchev–Trinajstić information content (AvgIpc) is 3.04. The molecule has 3 aromatic heterocycles. The zero-order valence-electron chi connectivity index (χ0n) is 13.3. The highest BCUT2D eigenvalue weighted by atomic mass is 32.1. The zero-order valence-corrected chi connectivity index (χ0v) is 14.1. The van der Waals surface area contributed by atoms with Crippen LogP contribution in [0.4, 0.5) is 10.3 Å². The minimum absolute atomic E-state index is 0.310. The zero-order chi connectivity index (χ0) is 17.2. The molecule has 0 atom stereocenters. The fourth-order valence-corrected chi connectivity index (χ4v) is 3.03. The lowest BCUT2D eigenvalue weighted by molar-refractivity contribution is 0.510. The molecule has 0 aliphatic heterocycles. The first kappa shape index (κ1) is 16.4. The van der Waals surface area contributed by atoms with Crippen molar-refractivity contribution in [2.24, 2.45) is 5.73 Å². The van der Waals surface area contributed by atoms with Gasteiger partial charge in [0.15, 0.2) is 0 Å². The minimum Gasteiger partial charge on any atom is -0.344 e. The van der Waals surface area contributed by atoms with E-state index in [9.17, 15) is 4.39 Å². The van der Waals surface area contributed by atoms with Crippen LogP contribution in [0.3, 0.4) is 0 Å². The molecule has 0 bridgehead atoms. The number of anilines is 1. The third kappa shape index (κ3) is 3.39. The molecular formula is C16H17FN6S. The molecule has 0 aliphatic carbocycles. The number of rotatable bonds is 5. The van der Waals surface area contributed by atoms with Gasteiger partial charge in [-0.2, -0.15) is 0 Å². The first-order chi connectivity index (χ1) is 11.5. The molecule has 24 heavy (non-hydrogen) atoms. The smallest absolute Gasteiger partial charge is 0.223 e. The summed E-state index contributed by atoms with van der Waals surface area (Å²) in [5.74, 6) is 0.0214. The van der Waals surface area contributed by atoms with E-state index in [4.69, 9.17) is 5.73 Å². The molecule has 8 heteroatoms. The number of aromatic nitrogens is 4. The summed E-state index contributed by atoms with van der Waals surface area (Å²) in [4.78, 5) is 17.1. The van der Waals surface area contributed by atoms with Crippen LogP contribution in [0, 0.1) is 5.82 Å². The van der Waals surface area contributed by atoms with Crippen LogP contribution in [0.2, 0.25) is 0 Å². The van der Waals surface area contributed by atoms with Gasteiger partial charge in [0.05, 0.1) is 11.2 Å². The number of hydrogen-bond acceptors (Lipinski definition) is 7. The summed E-state index contributed by atoms with van der Waals surface area (Å²) >= 11 is 1.49. The fraction of sp³-hybridized carbons (Fsp3) is 0.250. The van der Waals surface area contributed by atoms with Gasteiger partial charge in [0, 0.05) is 36.1 Å². The van der Waals surface area contributed by atoms with E-state index < -0.39 is 5.54 Å². The highest BCUT2D eigenvalue weighted by Gasteiger charge is 2.26. The Kier molecular flexibility index (Phi) is 4.50. The second kappa shape index (κ2) is 6.58. The fourth-order valence-electron chi connectivity index (χ4n) is 2.22. The molecule has 124 valence electrons. The molecule has 0 saturated heterocycles. The van der Waals surface area contributed by atoms with Crippen LogP contribution in [-0.4, -0.2) is 19.9 Å². The molecule has 0 aliphatic rings. The number of nitrogens with zero attached hydrogens (tertiary/aromatic N) is 4. The summed E-state index contributed by atoms with van der Waals surface area (Å²) in [7, 11) is 0. The Morgan fingerprint density at radius 2 is 2.00 bits per heavy atom. The van der Waals surface area contributed by atoms with E-state index in [1.807, 2.05) is 19.2 Å². The van der Waals surface area contributed by atoms with Crippen LogP contribution in [0.15, 0.2) is 36.1 Å². The number of halogens is 1. The predicted molar refractivity (Wildman–Crippen MR) is 91.9 cm³/mol. The Balaban J connectivity index is 1.80. The Morgan fingerprint density at radius 1 is 1.25 bits per heavy atom. The molecule has 0 radical (unpaired) electrons. The summed E-state index contributed by atoms with van der Waals surface area (Å²) < 4.78 is 13.9. The Bertz CT molecular complexity index is 831. The van der Waals surface area contributed by atoms with E-state index in [2.05, 4.69) is 25.3 Å². The van der Waals surface area contributed by atoms with Crippen LogP contribution in [0.25, 0.3) is 10.6 Å². The Hall–Kier alpha value is -2.45. The van der Waals surface area contributed by atoms with Crippen molar-refractivity contribution in [3.05, 3.63) is 53.3 Å². The maximum Gasteiger partial charge on any atom is 0.223 e. The van der Waals surface area contributed by atoms with Crippen molar-refractivity contribution in [2.75, 3.05) is 5.32 Å². The highest BCUT2D eigenvalue weighted by molar-refractivity contribution is 7.13. The van der Waals surface area contributed by atoms with E-state index in [1.54, 1.807) is 24.7 Å². The van der Waals surface area contributed by atoms with Gasteiger partial charge in [-0.15, -0.1) is 11.3 Å². The summed E-state index contributed by atoms with van der Waals surface area (Å²) in [6.07, 6.45) is 4.92. The second-order valence-electron chi connectivity index (χ2n) is 5.73. The van der Waals surface area contributed by atoms with E-state index in [1.165, 1.54) is 17.4 Å². The molecular weight excluding hydrogens is 327 g/mol. The van der Waals surface area contributed by atoms with Gasteiger partial charge in [-0.05, 0) is 26.0 Å². The molecule has 3 aromatic rings. The Morgan fingerprint density at radius 3 is 2.62 bits per heavy atom. The van der Waals surface area contributed by atoms with Gasteiger partial charge < -0.3 is 11.1 Å². The molecule has 3 heterocycles. The van der Waals surface area contributed by atoms with Crippen LogP contribution in [-0.2, 0) is 12.1 Å². The lowest BCUT2D eigenvalue weighted by Gasteiger charge is -2.25. The largest absolute Gasteiger partial charge is 0.344 e. The third-order valence-corrected chi connectivity index (χ3v) is 4.37. The van der Waals surface area contributed by atoms with E-state index in [0.29, 0.717) is 18.2 Å². The molecule has 0 spiro atoms. The number of hydrogen-bond donors (Lipinski definition) is 2. The maximum absolute atomic E-state index is 13.9. The SMILES string of the molecule is CC(C)(Nc1ncc(-c2nc(CN)cs2)cn1)c1ncccc1F. The van der Waals surface area contributed by atoms with Crippen molar-refractivity contribution in [3.63, 3.8) is 0 Å². The van der Waals surface area contributed by atoms with Gasteiger partial charge >= 0.3 is 0 Å². The van der Waals surface area contributed by atoms with Crippen LogP contribution in [0.5, 0.6) is 0 Å². The highest BCUT2D eigenvalue weighted by Crippen LogP contribution is 2.26. The third-order valence-electron chi connectivity index (χ3n) is 3.43. The molecule has 3 N–H and O–H groups in total. The predicted octanol–water partition coefficient (Wildman–Crippen LogP) is 2.94. The molecule has 0 fully saturated rings. The van der Waals surface area contributed by atoms with E-state index in [-0.39, 0.29) is 5.82 Å². The van der Waals surface area contributed by atoms with Crippen molar-refractivity contribution in [1.82, 2.24) is 19.9 Å². The molecule has 0 saturated carbocycles. The van der Waals surface area contributed by atoms with Crippen molar-refractivity contribution < 1.29 is 4.39 Å². The molecule has 6 nitrogen and oxygen atoms in total. The molecule has 0 aromatic carbocycles. The first-order valence-electron chi connectivity index (χ1n) is 7.35. The molecule has 0 unspecified atom stereocenters. The van der Waals surface area contributed by atoms with Gasteiger partial charge in [-0.25, -0.2) is 19.3 Å². The van der Waals surface area contributed by atoms with Crippen molar-refractivity contribution in [1.29, 1.82) is 0 Å². The summed E-state index contributed by atoms with van der Waals surface area (Å²) in [5, 5.41) is 5.84. The van der Waals surface area contributed by atoms with Crippen LogP contribution < -0.4 is 11.1 Å². The van der Waals surface area contributed by atoms with Gasteiger partial charge in [-0.1, -0.05) is 0 Å². The van der Waals surface area contributed by atoms with E-state index in [0.717, 1.165) is 16.3 Å². The maximum atomic E-state index is 13.9. The van der Waals surface area contributed by atoms with Gasteiger partial charge in [0.1, 0.15) is 16.5 Å². The van der Waals surface area contributed by atoms with Crippen LogP contribution >= 0.6 is 11.3 Å². The van der Waals surface area contributed by atoms with Gasteiger partial charge in [-0.3, -0.25) is 4.98 Å². The Labute approximate surface area is 143 Å². The number of pyridine rings is 1. The standard InChI is InChI=1S/C16H17FN6S/c1-16(2,13-12(17)4-3-5-19-13)23-15-20-7-10(8-21-15)14-22-11(6-18)9-24-14/h3-5,7-9H,6,18H2,1-2H3,(H,20,21,23). The summed E-state index contributed by atoms with van der Waals surface area (Å²) in [6, 6.07) is 2.94. The quantitative estimate of drug-likeness (QED) is 0.740. The van der Waals surface area contributed by atoms with Crippen molar-refractivity contribution >= 4 is 17.3 Å². The first-order valence-corrected chi connectivity index (χ1v) is 8.23. The van der Waals surface area contributed by atoms with Gasteiger partial charge in [0.2, 0.25) is 5.95 Å². The topological polar surface area (TPSA) is 89.6 Å². The normalized spacial score (nSPS) is 11.5. The van der Waals surface area contributed by atoms with Gasteiger partial charge in [0.25, 0.3) is 0 Å². The van der Waals surface area contributed by atoms with Crippen LogP contribution in [0.1, 0.15) is 25.2 Å². The molecule has 0 amide bonds. The lowest BCUT2D eigenvalue weighted by atomic mass is 9.99. The minimum atomic E-state index is -0.749. The second-order valence-corrected chi connectivity index (χ2v) is 6.59. The monoisotopic (exact) mass is 344 g/mol. The lowest BCUT2D eigenvalue weighted by Crippen LogP contribution is -2.31. The number of nitrogens with two attached hydrogens (primary N) is 1. The van der Waals surface area contributed by atoms with Crippen molar-refractivity contribution in [3.8, 4) is 10.6 Å². The average molecular weight is 344 g/mol.